The van der Waals surface area contributed by atoms with Gasteiger partial charge in [-0.1, -0.05) is 18.2 Å². The second kappa shape index (κ2) is 6.26. The highest BCUT2D eigenvalue weighted by Crippen LogP contribution is 2.26. The number of nitrogens with one attached hydrogen (secondary N) is 1. The van der Waals surface area contributed by atoms with Gasteiger partial charge in [0.2, 0.25) is 0 Å². The topological polar surface area (TPSA) is 60.2 Å². The van der Waals surface area contributed by atoms with Crippen molar-refractivity contribution in [1.82, 2.24) is 10.4 Å². The SMILES string of the molecule is COc1cccc(C(Cc2cccnc2)NN)c1F. The number of nitrogens with two attached hydrogens (primary N) is 1. The minimum absolute atomic E-state index is 0.212. The lowest BCUT2D eigenvalue weighted by Crippen LogP contribution is -2.30. The van der Waals surface area contributed by atoms with Crippen LogP contribution in [0.15, 0.2) is 42.7 Å². The fraction of sp³-hybridized carbons (Fsp3) is 0.214. The third-order valence-electron chi connectivity index (χ3n) is 2.95. The molecule has 5 heteroatoms. The predicted molar refractivity (Wildman–Crippen MR) is 71.0 cm³/mol. The van der Waals surface area contributed by atoms with Crippen LogP contribution in [0.5, 0.6) is 5.75 Å². The summed E-state index contributed by atoms with van der Waals surface area (Å²) in [5.41, 5.74) is 4.09. The van der Waals surface area contributed by atoms with Gasteiger partial charge in [0.1, 0.15) is 0 Å². The molecule has 0 aliphatic heterocycles. The maximum Gasteiger partial charge on any atom is 0.169 e. The highest BCUT2D eigenvalue weighted by atomic mass is 19.1. The first kappa shape index (κ1) is 13.5. The zero-order valence-corrected chi connectivity index (χ0v) is 10.6. The lowest BCUT2D eigenvalue weighted by Gasteiger charge is -2.18. The molecule has 0 saturated heterocycles. The lowest BCUT2D eigenvalue weighted by molar-refractivity contribution is 0.379. The first-order valence-corrected chi connectivity index (χ1v) is 5.93. The largest absolute Gasteiger partial charge is 0.494 e. The van der Waals surface area contributed by atoms with Gasteiger partial charge in [-0.15, -0.1) is 0 Å². The molecule has 3 N–H and O–H groups in total. The van der Waals surface area contributed by atoms with Gasteiger partial charge in [0.05, 0.1) is 13.2 Å². The molecule has 1 atom stereocenters. The number of nitrogens with zero attached hydrogens (tertiary/aromatic N) is 1. The van der Waals surface area contributed by atoms with Crippen LogP contribution in [0.2, 0.25) is 0 Å². The Balaban J connectivity index is 2.27. The van der Waals surface area contributed by atoms with Gasteiger partial charge in [-0.25, -0.2) is 4.39 Å². The average Bonchev–Trinajstić information content (AvgIpc) is 2.46. The maximum atomic E-state index is 14.2. The molecule has 0 bridgehead atoms. The van der Waals surface area contributed by atoms with Crippen LogP contribution < -0.4 is 16.0 Å². The first-order chi connectivity index (χ1) is 9.26. The summed E-state index contributed by atoms with van der Waals surface area (Å²) in [4.78, 5) is 4.03. The van der Waals surface area contributed by atoms with Crippen molar-refractivity contribution in [2.24, 2.45) is 5.84 Å². The molecule has 2 rings (SSSR count). The number of ether oxygens (including phenoxy) is 1. The summed E-state index contributed by atoms with van der Waals surface area (Å²) in [6, 6.07) is 8.44. The molecule has 2 aromatic rings. The second-order valence-corrected chi connectivity index (χ2v) is 4.15. The fourth-order valence-corrected chi connectivity index (χ4v) is 1.97. The normalized spacial score (nSPS) is 12.2. The van der Waals surface area contributed by atoms with Crippen molar-refractivity contribution in [2.75, 3.05) is 7.11 Å². The highest BCUT2D eigenvalue weighted by molar-refractivity contribution is 5.33. The monoisotopic (exact) mass is 261 g/mol. The number of rotatable bonds is 5. The van der Waals surface area contributed by atoms with E-state index in [4.69, 9.17) is 10.6 Å². The summed E-state index contributed by atoms with van der Waals surface area (Å²) >= 11 is 0. The zero-order chi connectivity index (χ0) is 13.7. The number of aromatic nitrogens is 1. The van der Waals surface area contributed by atoms with Crippen molar-refractivity contribution < 1.29 is 9.13 Å². The third kappa shape index (κ3) is 3.07. The molecule has 100 valence electrons. The quantitative estimate of drug-likeness (QED) is 0.638. The predicted octanol–water partition coefficient (Wildman–Crippen LogP) is 1.98. The molecule has 0 saturated carbocycles. The highest BCUT2D eigenvalue weighted by Gasteiger charge is 2.17. The van der Waals surface area contributed by atoms with Crippen molar-refractivity contribution in [1.29, 1.82) is 0 Å². The molecule has 1 heterocycles. The van der Waals surface area contributed by atoms with Crippen LogP contribution in [0.25, 0.3) is 0 Å². The van der Waals surface area contributed by atoms with E-state index in [1.54, 1.807) is 30.6 Å². The Kier molecular flexibility index (Phi) is 4.43. The van der Waals surface area contributed by atoms with E-state index in [9.17, 15) is 4.39 Å². The van der Waals surface area contributed by atoms with E-state index in [1.165, 1.54) is 7.11 Å². The van der Waals surface area contributed by atoms with Gasteiger partial charge in [-0.2, -0.15) is 0 Å². The minimum Gasteiger partial charge on any atom is -0.494 e. The Morgan fingerprint density at radius 1 is 1.37 bits per heavy atom. The van der Waals surface area contributed by atoms with E-state index in [0.717, 1.165) is 5.56 Å². The smallest absolute Gasteiger partial charge is 0.169 e. The molecule has 4 nitrogen and oxygen atoms in total. The number of methoxy groups -OCH3 is 1. The number of benzene rings is 1. The molecule has 19 heavy (non-hydrogen) atoms. The Bertz CT molecular complexity index is 533. The number of hydrazine groups is 1. The van der Waals surface area contributed by atoms with Gasteiger partial charge in [-0.3, -0.25) is 16.3 Å². The summed E-state index contributed by atoms with van der Waals surface area (Å²) in [6.45, 7) is 0. The number of pyridine rings is 1. The molecule has 0 aliphatic rings. The molecule has 1 unspecified atom stereocenters. The van der Waals surface area contributed by atoms with Crippen LogP contribution in [0.3, 0.4) is 0 Å². The molecular formula is C14H16FN3O. The molecular weight excluding hydrogens is 245 g/mol. The summed E-state index contributed by atoms with van der Waals surface area (Å²) in [6.07, 6.45) is 3.98. The van der Waals surface area contributed by atoms with Crippen molar-refractivity contribution in [2.45, 2.75) is 12.5 Å². The fourth-order valence-electron chi connectivity index (χ4n) is 1.97. The summed E-state index contributed by atoms with van der Waals surface area (Å²) in [7, 11) is 1.44. The summed E-state index contributed by atoms with van der Waals surface area (Å²) in [5.74, 6) is 5.36. The van der Waals surface area contributed by atoms with E-state index in [0.29, 0.717) is 12.0 Å². The molecule has 0 fully saturated rings. The molecule has 0 spiro atoms. The van der Waals surface area contributed by atoms with Crippen LogP contribution in [0.1, 0.15) is 17.2 Å². The van der Waals surface area contributed by atoms with Gasteiger partial charge >= 0.3 is 0 Å². The Morgan fingerprint density at radius 3 is 2.84 bits per heavy atom. The zero-order valence-electron chi connectivity index (χ0n) is 10.6. The van der Waals surface area contributed by atoms with E-state index in [-0.39, 0.29) is 11.8 Å². The van der Waals surface area contributed by atoms with Crippen molar-refractivity contribution in [3.63, 3.8) is 0 Å². The van der Waals surface area contributed by atoms with Crippen LogP contribution >= 0.6 is 0 Å². The van der Waals surface area contributed by atoms with Crippen LogP contribution in [0, 0.1) is 5.82 Å². The van der Waals surface area contributed by atoms with Gasteiger partial charge in [-0.05, 0) is 24.1 Å². The molecule has 0 radical (unpaired) electrons. The van der Waals surface area contributed by atoms with Crippen LogP contribution in [-0.4, -0.2) is 12.1 Å². The van der Waals surface area contributed by atoms with E-state index in [1.807, 2.05) is 12.1 Å². The lowest BCUT2D eigenvalue weighted by atomic mass is 9.99. The Morgan fingerprint density at radius 2 is 2.21 bits per heavy atom. The number of halogens is 1. The Labute approximate surface area is 111 Å². The number of hydrogen-bond acceptors (Lipinski definition) is 4. The van der Waals surface area contributed by atoms with E-state index >= 15 is 0 Å². The van der Waals surface area contributed by atoms with Gasteiger partial charge in [0.25, 0.3) is 0 Å². The van der Waals surface area contributed by atoms with E-state index in [2.05, 4.69) is 10.4 Å². The van der Waals surface area contributed by atoms with Gasteiger partial charge < -0.3 is 4.74 Å². The van der Waals surface area contributed by atoms with E-state index < -0.39 is 5.82 Å². The Hall–Kier alpha value is -1.98. The van der Waals surface area contributed by atoms with Crippen molar-refractivity contribution in [3.05, 3.63) is 59.7 Å². The van der Waals surface area contributed by atoms with Crippen LogP contribution in [-0.2, 0) is 6.42 Å². The van der Waals surface area contributed by atoms with Crippen molar-refractivity contribution >= 4 is 0 Å². The molecule has 1 aromatic heterocycles. The second-order valence-electron chi connectivity index (χ2n) is 4.15. The molecule has 1 aromatic carbocycles. The van der Waals surface area contributed by atoms with Gasteiger partial charge in [0, 0.05) is 18.0 Å². The first-order valence-electron chi connectivity index (χ1n) is 5.93. The number of hydrogen-bond donors (Lipinski definition) is 2. The van der Waals surface area contributed by atoms with Crippen molar-refractivity contribution in [3.8, 4) is 5.75 Å². The molecule has 0 amide bonds. The third-order valence-corrected chi connectivity index (χ3v) is 2.95. The van der Waals surface area contributed by atoms with Gasteiger partial charge in [0.15, 0.2) is 11.6 Å². The summed E-state index contributed by atoms with van der Waals surface area (Å²) < 4.78 is 19.2. The average molecular weight is 261 g/mol. The summed E-state index contributed by atoms with van der Waals surface area (Å²) in [5, 5.41) is 0. The maximum absolute atomic E-state index is 14.2. The minimum atomic E-state index is -0.392. The molecule has 0 aliphatic carbocycles. The van der Waals surface area contributed by atoms with Crippen LogP contribution in [0.4, 0.5) is 4.39 Å². The standard InChI is InChI=1S/C14H16FN3O/c1-19-13-6-2-5-11(14(13)15)12(18-16)8-10-4-3-7-17-9-10/h2-7,9,12,18H,8,16H2,1H3.